The molecule has 1 N–H and O–H groups in total. The summed E-state index contributed by atoms with van der Waals surface area (Å²) in [6.45, 7) is 0. The fourth-order valence-corrected chi connectivity index (χ4v) is 5.49. The van der Waals surface area contributed by atoms with Gasteiger partial charge in [0.15, 0.2) is 5.82 Å². The van der Waals surface area contributed by atoms with Crippen molar-refractivity contribution >= 4 is 32.3 Å². The average molecular weight is 559 g/mol. The van der Waals surface area contributed by atoms with Gasteiger partial charge < -0.3 is 14.4 Å². The lowest BCUT2D eigenvalue weighted by Gasteiger charge is -2.24. The topological polar surface area (TPSA) is 106 Å². The number of methoxy groups -OCH3 is 1. The maximum atomic E-state index is 15.5. The molecule has 0 aliphatic rings. The summed E-state index contributed by atoms with van der Waals surface area (Å²) in [6.07, 6.45) is -0.959. The number of aromatic hydroxyl groups is 1. The van der Waals surface area contributed by atoms with Gasteiger partial charge in [-0.1, -0.05) is 23.4 Å². The Kier molecular flexibility index (Phi) is 6.38. The van der Waals surface area contributed by atoms with Crippen LogP contribution in [0.15, 0.2) is 88.7 Å². The molecule has 0 fully saturated rings. The molecule has 200 valence electrons. The van der Waals surface area contributed by atoms with Crippen molar-refractivity contribution in [1.29, 1.82) is 0 Å². The first kappa shape index (κ1) is 26.0. The van der Waals surface area contributed by atoms with E-state index in [0.29, 0.717) is 9.69 Å². The lowest BCUT2D eigenvalue weighted by molar-refractivity contribution is -0.137. The van der Waals surface area contributed by atoms with Crippen LogP contribution in [-0.2, 0) is 16.2 Å². The number of benzene rings is 3. The normalized spacial score (nSPS) is 12.0. The molecule has 39 heavy (non-hydrogen) atoms. The van der Waals surface area contributed by atoms with Crippen molar-refractivity contribution in [2.45, 2.75) is 11.1 Å². The number of nitrogens with zero attached hydrogens (tertiary/aromatic N) is 3. The second-order valence-corrected chi connectivity index (χ2v) is 10.0. The molecule has 0 aliphatic heterocycles. The van der Waals surface area contributed by atoms with Crippen LogP contribution in [-0.4, -0.2) is 30.8 Å². The van der Waals surface area contributed by atoms with Crippen molar-refractivity contribution in [2.75, 3.05) is 11.4 Å². The molecule has 13 heteroatoms. The lowest BCUT2D eigenvalue weighted by atomic mass is 10.0. The van der Waals surface area contributed by atoms with Crippen LogP contribution in [0.1, 0.15) is 5.56 Å². The number of hydrogen-bond acceptors (Lipinski definition) is 7. The fraction of sp³-hybridized carbons (Fsp3) is 0.0769. The Bertz CT molecular complexity index is 1790. The minimum Gasteiger partial charge on any atom is -0.506 e. The number of halogens is 4. The first-order chi connectivity index (χ1) is 18.5. The van der Waals surface area contributed by atoms with Crippen LogP contribution in [0.5, 0.6) is 11.5 Å². The van der Waals surface area contributed by atoms with E-state index in [1.54, 1.807) is 0 Å². The van der Waals surface area contributed by atoms with Gasteiger partial charge in [-0.2, -0.15) is 13.2 Å². The van der Waals surface area contributed by atoms with Gasteiger partial charge in [0, 0.05) is 34.7 Å². The second-order valence-electron chi connectivity index (χ2n) is 8.25. The summed E-state index contributed by atoms with van der Waals surface area (Å²) in [5.74, 6) is -1.70. The summed E-state index contributed by atoms with van der Waals surface area (Å²) in [5, 5.41) is 14.6. The number of pyridine rings is 1. The highest BCUT2D eigenvalue weighted by Crippen LogP contribution is 2.42. The predicted octanol–water partition coefficient (Wildman–Crippen LogP) is 6.29. The number of aromatic nitrogens is 2. The van der Waals surface area contributed by atoms with Gasteiger partial charge in [-0.3, -0.25) is 4.98 Å². The molecule has 0 atom stereocenters. The smallest absolute Gasteiger partial charge is 0.416 e. The summed E-state index contributed by atoms with van der Waals surface area (Å²) in [5.41, 5.74) is -1.65. The fourth-order valence-electron chi connectivity index (χ4n) is 4.03. The molecule has 0 saturated carbocycles. The average Bonchev–Trinajstić information content (AvgIpc) is 3.42. The minimum atomic E-state index is -4.65. The molecular formula is C26H17F4N3O5S. The molecule has 0 unspecified atom stereocenters. The van der Waals surface area contributed by atoms with Gasteiger partial charge in [0.1, 0.15) is 29.3 Å². The van der Waals surface area contributed by atoms with Crippen molar-refractivity contribution in [1.82, 2.24) is 10.1 Å². The van der Waals surface area contributed by atoms with Gasteiger partial charge in [-0.05, 0) is 35.9 Å². The number of hydrogen-bond donors (Lipinski definition) is 1. The van der Waals surface area contributed by atoms with Crippen LogP contribution >= 0.6 is 0 Å². The van der Waals surface area contributed by atoms with Gasteiger partial charge in [-0.25, -0.2) is 17.1 Å². The van der Waals surface area contributed by atoms with Crippen LogP contribution < -0.4 is 9.04 Å². The molecule has 0 radical (unpaired) electrons. The van der Waals surface area contributed by atoms with Crippen molar-refractivity contribution in [2.24, 2.45) is 0 Å². The van der Waals surface area contributed by atoms with Crippen molar-refractivity contribution < 1.29 is 40.3 Å². The highest BCUT2D eigenvalue weighted by Gasteiger charge is 2.34. The lowest BCUT2D eigenvalue weighted by Crippen LogP contribution is -2.27. The Hall–Kier alpha value is -4.65. The zero-order valence-corrected chi connectivity index (χ0v) is 20.7. The molecule has 0 aliphatic carbocycles. The Morgan fingerprint density at radius 3 is 2.51 bits per heavy atom. The molecule has 8 nitrogen and oxygen atoms in total. The Morgan fingerprint density at radius 2 is 1.82 bits per heavy atom. The molecule has 3 aromatic carbocycles. The molecule has 0 saturated heterocycles. The third-order valence-electron chi connectivity index (χ3n) is 5.87. The summed E-state index contributed by atoms with van der Waals surface area (Å²) in [7, 11) is -3.36. The molecule has 0 amide bonds. The molecule has 5 rings (SSSR count). The van der Waals surface area contributed by atoms with Crippen LogP contribution in [0.2, 0.25) is 0 Å². The molecular weight excluding hydrogens is 542 g/mol. The van der Waals surface area contributed by atoms with Gasteiger partial charge in [0.05, 0.1) is 23.8 Å². The number of sulfonamides is 1. The monoisotopic (exact) mass is 559 g/mol. The van der Waals surface area contributed by atoms with Crippen LogP contribution in [0, 0.1) is 5.82 Å². The first-order valence-corrected chi connectivity index (χ1v) is 12.5. The van der Waals surface area contributed by atoms with Crippen LogP contribution in [0.3, 0.4) is 0 Å². The van der Waals surface area contributed by atoms with E-state index < -0.39 is 27.6 Å². The maximum Gasteiger partial charge on any atom is 0.416 e. The van der Waals surface area contributed by atoms with Crippen molar-refractivity contribution in [3.63, 3.8) is 0 Å². The quantitative estimate of drug-likeness (QED) is 0.244. The summed E-state index contributed by atoms with van der Waals surface area (Å²) >= 11 is 0. The van der Waals surface area contributed by atoms with E-state index in [9.17, 15) is 26.7 Å². The van der Waals surface area contributed by atoms with E-state index in [1.807, 2.05) is 0 Å². The van der Waals surface area contributed by atoms with Crippen LogP contribution in [0.25, 0.3) is 21.9 Å². The van der Waals surface area contributed by atoms with E-state index in [4.69, 9.17) is 9.26 Å². The SMILES string of the molecule is COc1cc(-c2cccc(C(F)(F)F)c2)c(F)cc1N(c1ccon1)S(=O)(=O)c1ccc2cncc(O)c2c1. The van der Waals surface area contributed by atoms with Gasteiger partial charge >= 0.3 is 6.18 Å². The number of ether oxygens (including phenoxy) is 1. The number of anilines is 2. The molecule has 2 heterocycles. The summed E-state index contributed by atoms with van der Waals surface area (Å²) in [6, 6.07) is 11.1. The second kappa shape index (κ2) is 9.58. The van der Waals surface area contributed by atoms with Gasteiger partial charge in [0.2, 0.25) is 0 Å². The highest BCUT2D eigenvalue weighted by molar-refractivity contribution is 7.93. The van der Waals surface area contributed by atoms with E-state index in [0.717, 1.165) is 42.8 Å². The number of rotatable bonds is 6. The summed E-state index contributed by atoms with van der Waals surface area (Å²) < 4.78 is 93.9. The molecule has 2 aromatic heterocycles. The number of fused-ring (bicyclic) bond motifs is 1. The first-order valence-electron chi connectivity index (χ1n) is 11.1. The van der Waals surface area contributed by atoms with Gasteiger partial charge in [-0.15, -0.1) is 0 Å². The predicted molar refractivity (Wildman–Crippen MR) is 133 cm³/mol. The highest BCUT2D eigenvalue weighted by atomic mass is 32.2. The van der Waals surface area contributed by atoms with Gasteiger partial charge in [0.25, 0.3) is 10.0 Å². The third-order valence-corrected chi connectivity index (χ3v) is 7.58. The van der Waals surface area contributed by atoms with Crippen LogP contribution in [0.4, 0.5) is 29.1 Å². The molecule has 0 spiro atoms. The molecule has 0 bridgehead atoms. The zero-order valence-electron chi connectivity index (χ0n) is 19.8. The van der Waals surface area contributed by atoms with E-state index >= 15 is 4.39 Å². The Labute approximate surface area is 218 Å². The third kappa shape index (κ3) is 4.72. The number of alkyl halides is 3. The minimum absolute atomic E-state index is 0.0957. The maximum absolute atomic E-state index is 15.5. The standard InChI is InChI=1S/C26H17F4N3O5S/c1-37-24-11-19(15-3-2-4-17(9-15)26(28,29)30)21(27)12-22(24)33(25-7-8-38-32-25)39(35,36)18-6-5-16-13-31-14-23(34)20(16)10-18/h2-14,34H,1H3. The Balaban J connectivity index is 1.69. The molecule has 5 aromatic rings. The van der Waals surface area contributed by atoms with E-state index in [2.05, 4.69) is 10.1 Å². The summed E-state index contributed by atoms with van der Waals surface area (Å²) in [4.78, 5) is 3.57. The Morgan fingerprint density at radius 1 is 1.03 bits per heavy atom. The largest absolute Gasteiger partial charge is 0.506 e. The van der Waals surface area contributed by atoms with Crippen molar-refractivity contribution in [3.05, 3.63) is 90.7 Å². The van der Waals surface area contributed by atoms with E-state index in [-0.39, 0.29) is 44.4 Å². The van der Waals surface area contributed by atoms with Crippen molar-refractivity contribution in [3.8, 4) is 22.6 Å². The van der Waals surface area contributed by atoms with E-state index in [1.165, 1.54) is 43.6 Å². The zero-order chi connectivity index (χ0) is 27.9.